The maximum Gasteiger partial charge on any atom is 0.0328 e. The van der Waals surface area contributed by atoms with Crippen LogP contribution < -0.4 is 5.73 Å². The van der Waals surface area contributed by atoms with E-state index in [0.29, 0.717) is 5.54 Å². The molecule has 14 heavy (non-hydrogen) atoms. The molecule has 0 aromatic carbocycles. The Balaban J connectivity index is 1.89. The molecule has 2 saturated carbocycles. The lowest BCUT2D eigenvalue weighted by molar-refractivity contribution is 0.0893. The molecular formula is C12H24N2. The van der Waals surface area contributed by atoms with Gasteiger partial charge in [-0.1, -0.05) is 19.3 Å². The van der Waals surface area contributed by atoms with E-state index < -0.39 is 0 Å². The molecule has 2 aliphatic rings. The van der Waals surface area contributed by atoms with Crippen molar-refractivity contribution in [2.75, 3.05) is 20.1 Å². The van der Waals surface area contributed by atoms with Crippen molar-refractivity contribution >= 4 is 0 Å². The summed E-state index contributed by atoms with van der Waals surface area (Å²) in [5.74, 6) is 0.976. The van der Waals surface area contributed by atoms with Crippen LogP contribution in [-0.2, 0) is 0 Å². The van der Waals surface area contributed by atoms with Crippen LogP contribution in [0.5, 0.6) is 0 Å². The summed E-state index contributed by atoms with van der Waals surface area (Å²) < 4.78 is 0. The van der Waals surface area contributed by atoms with E-state index >= 15 is 0 Å². The van der Waals surface area contributed by atoms with Crippen LogP contribution in [0.2, 0.25) is 0 Å². The summed E-state index contributed by atoms with van der Waals surface area (Å²) in [6.45, 7) is 2.15. The standard InChI is InChI=1S/C12H24N2/c1-14(9-11-5-4-6-11)12(10-13)7-2-3-8-12/h11H,2-10,13H2,1H3. The zero-order chi connectivity index (χ0) is 10.0. The molecule has 0 bridgehead atoms. The fourth-order valence-electron chi connectivity index (χ4n) is 3.03. The SMILES string of the molecule is CN(CC1CCC1)C1(CN)CCCC1. The van der Waals surface area contributed by atoms with Crippen LogP contribution in [0.3, 0.4) is 0 Å². The van der Waals surface area contributed by atoms with E-state index in [9.17, 15) is 0 Å². The second-order valence-electron chi connectivity index (χ2n) is 5.31. The van der Waals surface area contributed by atoms with Crippen LogP contribution in [0, 0.1) is 5.92 Å². The number of nitrogens with zero attached hydrogens (tertiary/aromatic N) is 1. The monoisotopic (exact) mass is 196 g/mol. The third-order valence-corrected chi connectivity index (χ3v) is 4.48. The van der Waals surface area contributed by atoms with Crippen molar-refractivity contribution in [2.24, 2.45) is 11.7 Å². The number of likely N-dealkylation sites (N-methyl/N-ethyl adjacent to an activating group) is 1. The first-order valence-electron chi connectivity index (χ1n) is 6.18. The Morgan fingerprint density at radius 2 is 1.86 bits per heavy atom. The molecule has 0 saturated heterocycles. The molecule has 0 aromatic heterocycles. The number of hydrogen-bond acceptors (Lipinski definition) is 2. The predicted molar refractivity (Wildman–Crippen MR) is 60.2 cm³/mol. The average Bonchev–Trinajstić information content (AvgIpc) is 2.60. The topological polar surface area (TPSA) is 29.3 Å². The smallest absolute Gasteiger partial charge is 0.0328 e. The van der Waals surface area contributed by atoms with Crippen LogP contribution in [0.25, 0.3) is 0 Å². The highest BCUT2D eigenvalue weighted by Gasteiger charge is 2.37. The molecule has 0 aromatic rings. The highest BCUT2D eigenvalue weighted by molar-refractivity contribution is 4.95. The molecule has 2 N–H and O–H groups in total. The molecule has 2 heteroatoms. The maximum atomic E-state index is 5.96. The summed E-state index contributed by atoms with van der Waals surface area (Å²) in [4.78, 5) is 2.57. The van der Waals surface area contributed by atoms with Gasteiger partial charge in [0, 0.05) is 18.6 Å². The van der Waals surface area contributed by atoms with E-state index in [1.165, 1.54) is 51.5 Å². The van der Waals surface area contributed by atoms with Crippen molar-refractivity contribution in [3.8, 4) is 0 Å². The Morgan fingerprint density at radius 1 is 1.21 bits per heavy atom. The van der Waals surface area contributed by atoms with Crippen LogP contribution in [0.4, 0.5) is 0 Å². The fourth-order valence-corrected chi connectivity index (χ4v) is 3.03. The highest BCUT2D eigenvalue weighted by Crippen LogP contribution is 2.36. The Morgan fingerprint density at radius 3 is 2.29 bits per heavy atom. The van der Waals surface area contributed by atoms with E-state index in [1.54, 1.807) is 0 Å². The molecule has 0 heterocycles. The van der Waals surface area contributed by atoms with Gasteiger partial charge in [-0.2, -0.15) is 0 Å². The molecule has 0 spiro atoms. The summed E-state index contributed by atoms with van der Waals surface area (Å²) >= 11 is 0. The van der Waals surface area contributed by atoms with Crippen LogP contribution in [-0.4, -0.2) is 30.6 Å². The Kier molecular flexibility index (Phi) is 3.13. The van der Waals surface area contributed by atoms with Gasteiger partial charge in [0.15, 0.2) is 0 Å². The summed E-state index contributed by atoms with van der Waals surface area (Å²) in [6.07, 6.45) is 9.77. The van der Waals surface area contributed by atoms with E-state index in [2.05, 4.69) is 11.9 Å². The van der Waals surface area contributed by atoms with E-state index in [4.69, 9.17) is 5.73 Å². The van der Waals surface area contributed by atoms with Gasteiger partial charge in [-0.3, -0.25) is 4.90 Å². The second-order valence-corrected chi connectivity index (χ2v) is 5.31. The van der Waals surface area contributed by atoms with Crippen LogP contribution >= 0.6 is 0 Å². The quantitative estimate of drug-likeness (QED) is 0.745. The lowest BCUT2D eigenvalue weighted by Crippen LogP contribution is -2.52. The second kappa shape index (κ2) is 4.19. The molecule has 2 aliphatic carbocycles. The first-order chi connectivity index (χ1) is 6.77. The van der Waals surface area contributed by atoms with Crippen molar-refractivity contribution in [3.63, 3.8) is 0 Å². The van der Waals surface area contributed by atoms with Gasteiger partial charge in [-0.25, -0.2) is 0 Å². The third-order valence-electron chi connectivity index (χ3n) is 4.48. The lowest BCUT2D eigenvalue weighted by Gasteiger charge is -2.41. The minimum atomic E-state index is 0.371. The molecule has 0 atom stereocenters. The van der Waals surface area contributed by atoms with Gasteiger partial charge in [0.1, 0.15) is 0 Å². The van der Waals surface area contributed by atoms with E-state index in [-0.39, 0.29) is 0 Å². The zero-order valence-electron chi connectivity index (χ0n) is 9.47. The van der Waals surface area contributed by atoms with Gasteiger partial charge >= 0.3 is 0 Å². The van der Waals surface area contributed by atoms with E-state index in [0.717, 1.165) is 12.5 Å². The van der Waals surface area contributed by atoms with E-state index in [1.807, 2.05) is 0 Å². The molecule has 0 amide bonds. The van der Waals surface area contributed by atoms with Crippen LogP contribution in [0.1, 0.15) is 44.9 Å². The summed E-state index contributed by atoms with van der Waals surface area (Å²) in [7, 11) is 2.29. The predicted octanol–water partition coefficient (Wildman–Crippen LogP) is 1.99. The molecule has 0 aliphatic heterocycles. The largest absolute Gasteiger partial charge is 0.329 e. The summed E-state index contributed by atoms with van der Waals surface area (Å²) in [5, 5.41) is 0. The van der Waals surface area contributed by atoms with Gasteiger partial charge in [0.05, 0.1) is 0 Å². The fraction of sp³-hybridized carbons (Fsp3) is 1.00. The Labute approximate surface area is 87.8 Å². The van der Waals surface area contributed by atoms with Gasteiger partial charge in [-0.15, -0.1) is 0 Å². The first-order valence-corrected chi connectivity index (χ1v) is 6.18. The normalized spacial score (nSPS) is 26.8. The summed E-state index contributed by atoms with van der Waals surface area (Å²) in [5.41, 5.74) is 6.33. The third kappa shape index (κ3) is 1.82. The molecular weight excluding hydrogens is 172 g/mol. The van der Waals surface area contributed by atoms with Gasteiger partial charge in [0.25, 0.3) is 0 Å². The van der Waals surface area contributed by atoms with Gasteiger partial charge in [-0.05, 0) is 38.6 Å². The molecule has 0 unspecified atom stereocenters. The minimum absolute atomic E-state index is 0.371. The molecule has 0 radical (unpaired) electrons. The average molecular weight is 196 g/mol. The molecule has 82 valence electrons. The van der Waals surface area contributed by atoms with Crippen molar-refractivity contribution in [1.29, 1.82) is 0 Å². The Hall–Kier alpha value is -0.0800. The highest BCUT2D eigenvalue weighted by atomic mass is 15.2. The Bertz CT molecular complexity index is 181. The molecule has 2 nitrogen and oxygen atoms in total. The van der Waals surface area contributed by atoms with Gasteiger partial charge < -0.3 is 5.73 Å². The minimum Gasteiger partial charge on any atom is -0.329 e. The van der Waals surface area contributed by atoms with Crippen molar-refractivity contribution in [1.82, 2.24) is 4.90 Å². The zero-order valence-corrected chi connectivity index (χ0v) is 9.47. The van der Waals surface area contributed by atoms with Crippen LogP contribution in [0.15, 0.2) is 0 Å². The number of hydrogen-bond donors (Lipinski definition) is 1. The van der Waals surface area contributed by atoms with Crippen molar-refractivity contribution in [3.05, 3.63) is 0 Å². The number of rotatable bonds is 4. The maximum absolute atomic E-state index is 5.96. The lowest BCUT2D eigenvalue weighted by atomic mass is 9.83. The first kappa shape index (κ1) is 10.4. The van der Waals surface area contributed by atoms with Crippen molar-refractivity contribution < 1.29 is 0 Å². The number of nitrogens with two attached hydrogens (primary N) is 1. The molecule has 2 rings (SSSR count). The van der Waals surface area contributed by atoms with Gasteiger partial charge in [0.2, 0.25) is 0 Å². The molecule has 2 fully saturated rings. The summed E-state index contributed by atoms with van der Waals surface area (Å²) in [6, 6.07) is 0. The van der Waals surface area contributed by atoms with Crippen molar-refractivity contribution in [2.45, 2.75) is 50.5 Å².